The minimum absolute atomic E-state index is 0.0799. The van der Waals surface area contributed by atoms with Gasteiger partial charge in [-0.3, -0.25) is 14.6 Å². The first kappa shape index (κ1) is 21.3. The number of benzene rings is 1. The molecule has 1 aliphatic heterocycles. The van der Waals surface area contributed by atoms with Gasteiger partial charge in [0.2, 0.25) is 0 Å². The average Bonchev–Trinajstić information content (AvgIpc) is 2.87. The maximum absolute atomic E-state index is 12.9. The number of methoxy groups -OCH3 is 1. The van der Waals surface area contributed by atoms with Crippen LogP contribution in [0.25, 0.3) is 0 Å². The fourth-order valence-electron chi connectivity index (χ4n) is 3.62. The Labute approximate surface area is 186 Å². The van der Waals surface area contributed by atoms with Gasteiger partial charge in [-0.25, -0.2) is 4.98 Å². The summed E-state index contributed by atoms with van der Waals surface area (Å²) in [6.07, 6.45) is 3.30. The Hall–Kier alpha value is -3.94. The van der Waals surface area contributed by atoms with Gasteiger partial charge in [0.25, 0.3) is 11.8 Å². The summed E-state index contributed by atoms with van der Waals surface area (Å²) >= 11 is 0. The van der Waals surface area contributed by atoms with Crippen molar-refractivity contribution < 1.29 is 14.3 Å². The predicted molar refractivity (Wildman–Crippen MR) is 121 cm³/mol. The molecule has 3 aromatic rings. The summed E-state index contributed by atoms with van der Waals surface area (Å²) in [5, 5.41) is 2.96. The van der Waals surface area contributed by atoms with Crippen molar-refractivity contribution in [3.05, 3.63) is 83.8 Å². The lowest BCUT2D eigenvalue weighted by Crippen LogP contribution is -2.49. The van der Waals surface area contributed by atoms with Crippen molar-refractivity contribution in [2.24, 2.45) is 0 Å². The van der Waals surface area contributed by atoms with Crippen LogP contribution in [0.2, 0.25) is 0 Å². The lowest BCUT2D eigenvalue weighted by molar-refractivity contribution is 0.0739. The van der Waals surface area contributed by atoms with E-state index in [0.29, 0.717) is 49.8 Å². The van der Waals surface area contributed by atoms with Crippen molar-refractivity contribution in [2.45, 2.75) is 6.54 Å². The highest BCUT2D eigenvalue weighted by Gasteiger charge is 2.26. The summed E-state index contributed by atoms with van der Waals surface area (Å²) in [5.41, 5.74) is 1.94. The Kier molecular flexibility index (Phi) is 6.60. The minimum Gasteiger partial charge on any atom is -0.497 e. The fraction of sp³-hybridized carbons (Fsp3) is 0.250. The van der Waals surface area contributed by atoms with Crippen molar-refractivity contribution in [3.63, 3.8) is 0 Å². The van der Waals surface area contributed by atoms with Crippen LogP contribution in [0, 0.1) is 0 Å². The molecule has 4 rings (SSSR count). The average molecular weight is 431 g/mol. The molecule has 1 aliphatic rings. The molecular formula is C24H25N5O3. The van der Waals surface area contributed by atoms with Crippen molar-refractivity contribution in [2.75, 3.05) is 38.2 Å². The van der Waals surface area contributed by atoms with Crippen LogP contribution in [-0.2, 0) is 6.54 Å². The lowest BCUT2D eigenvalue weighted by atomic mass is 10.1. The van der Waals surface area contributed by atoms with Crippen LogP contribution in [-0.4, -0.2) is 60.0 Å². The first-order valence-corrected chi connectivity index (χ1v) is 10.5. The number of carbonyl (C=O) groups is 2. The zero-order valence-electron chi connectivity index (χ0n) is 17.9. The Morgan fingerprint density at radius 3 is 2.38 bits per heavy atom. The maximum Gasteiger partial charge on any atom is 0.272 e. The Morgan fingerprint density at radius 1 is 0.938 bits per heavy atom. The number of rotatable bonds is 6. The molecule has 0 saturated carbocycles. The first-order chi connectivity index (χ1) is 15.7. The summed E-state index contributed by atoms with van der Waals surface area (Å²) in [7, 11) is 1.62. The van der Waals surface area contributed by atoms with E-state index in [2.05, 4.69) is 15.3 Å². The normalized spacial score (nSPS) is 13.5. The van der Waals surface area contributed by atoms with Crippen LogP contribution in [0.5, 0.6) is 5.75 Å². The number of anilines is 1. The highest BCUT2D eigenvalue weighted by molar-refractivity contribution is 5.99. The molecule has 3 heterocycles. The molecule has 0 bridgehead atoms. The molecule has 164 valence electrons. The monoisotopic (exact) mass is 431 g/mol. The number of ether oxygens (including phenoxy) is 1. The van der Waals surface area contributed by atoms with E-state index >= 15 is 0 Å². The van der Waals surface area contributed by atoms with Gasteiger partial charge in [-0.15, -0.1) is 0 Å². The van der Waals surface area contributed by atoms with Crippen LogP contribution in [0.3, 0.4) is 0 Å². The van der Waals surface area contributed by atoms with Gasteiger partial charge in [-0.05, 0) is 42.0 Å². The third-order valence-electron chi connectivity index (χ3n) is 5.39. The first-order valence-electron chi connectivity index (χ1n) is 10.5. The highest BCUT2D eigenvalue weighted by atomic mass is 16.5. The Balaban J connectivity index is 1.39. The summed E-state index contributed by atoms with van der Waals surface area (Å²) in [6.45, 7) is 2.67. The number of hydrogen-bond donors (Lipinski definition) is 1. The van der Waals surface area contributed by atoms with Crippen LogP contribution < -0.4 is 15.0 Å². The van der Waals surface area contributed by atoms with E-state index in [0.717, 1.165) is 11.3 Å². The number of piperazine rings is 1. The second-order valence-electron chi connectivity index (χ2n) is 7.40. The topological polar surface area (TPSA) is 87.7 Å². The lowest BCUT2D eigenvalue weighted by Gasteiger charge is -2.35. The largest absolute Gasteiger partial charge is 0.497 e. The van der Waals surface area contributed by atoms with Crippen LogP contribution in [0.15, 0.2) is 67.0 Å². The minimum atomic E-state index is -0.184. The van der Waals surface area contributed by atoms with E-state index in [4.69, 9.17) is 4.74 Å². The fourth-order valence-corrected chi connectivity index (χ4v) is 3.62. The molecule has 0 radical (unpaired) electrons. The smallest absolute Gasteiger partial charge is 0.272 e. The van der Waals surface area contributed by atoms with E-state index < -0.39 is 0 Å². The SMILES string of the molecule is COc1ccc(CNC(=O)c2cccnc2N2CCN(C(=O)c3ccccn3)CC2)cc1. The Morgan fingerprint density at radius 2 is 1.69 bits per heavy atom. The third-order valence-corrected chi connectivity index (χ3v) is 5.39. The van der Waals surface area contributed by atoms with E-state index in [1.807, 2.05) is 29.2 Å². The van der Waals surface area contributed by atoms with Crippen molar-refractivity contribution in [1.29, 1.82) is 0 Å². The quantitative estimate of drug-likeness (QED) is 0.645. The number of pyridine rings is 2. The molecule has 0 aliphatic carbocycles. The van der Waals surface area contributed by atoms with Gasteiger partial charge in [0.1, 0.15) is 17.3 Å². The molecular weight excluding hydrogens is 406 g/mol. The summed E-state index contributed by atoms with van der Waals surface area (Å²) in [4.78, 5) is 38.0. The van der Waals surface area contributed by atoms with Gasteiger partial charge in [-0.2, -0.15) is 0 Å². The molecule has 2 amide bonds. The molecule has 0 unspecified atom stereocenters. The number of amides is 2. The van der Waals surface area contributed by atoms with E-state index in [-0.39, 0.29) is 11.8 Å². The molecule has 1 N–H and O–H groups in total. The molecule has 1 fully saturated rings. The van der Waals surface area contributed by atoms with Gasteiger partial charge in [0.15, 0.2) is 0 Å². The molecule has 32 heavy (non-hydrogen) atoms. The third kappa shape index (κ3) is 4.85. The molecule has 8 heteroatoms. The standard InChI is InChI=1S/C24H25N5O3/c1-32-19-9-7-18(8-10-19)17-27-23(30)20-5-4-12-26-22(20)28-13-15-29(16-14-28)24(31)21-6-2-3-11-25-21/h2-12H,13-17H2,1H3,(H,27,30). The number of nitrogens with one attached hydrogen (secondary N) is 1. The second kappa shape index (κ2) is 9.91. The van der Waals surface area contributed by atoms with Gasteiger partial charge in [0.05, 0.1) is 12.7 Å². The van der Waals surface area contributed by atoms with Crippen molar-refractivity contribution >= 4 is 17.6 Å². The van der Waals surface area contributed by atoms with E-state index in [1.54, 1.807) is 54.7 Å². The van der Waals surface area contributed by atoms with Gasteiger partial charge in [-0.1, -0.05) is 18.2 Å². The number of carbonyl (C=O) groups excluding carboxylic acids is 2. The highest BCUT2D eigenvalue weighted by Crippen LogP contribution is 2.20. The summed E-state index contributed by atoms with van der Waals surface area (Å²) in [6, 6.07) is 16.4. The molecule has 0 atom stereocenters. The number of hydrogen-bond acceptors (Lipinski definition) is 6. The zero-order valence-corrected chi connectivity index (χ0v) is 17.9. The maximum atomic E-state index is 12.9. The second-order valence-corrected chi connectivity index (χ2v) is 7.40. The molecule has 8 nitrogen and oxygen atoms in total. The van der Waals surface area contributed by atoms with E-state index in [9.17, 15) is 9.59 Å². The van der Waals surface area contributed by atoms with Gasteiger partial charge >= 0.3 is 0 Å². The number of nitrogens with zero attached hydrogens (tertiary/aromatic N) is 4. The zero-order chi connectivity index (χ0) is 22.3. The summed E-state index contributed by atoms with van der Waals surface area (Å²) in [5.74, 6) is 1.14. The van der Waals surface area contributed by atoms with Gasteiger partial charge in [0, 0.05) is 45.1 Å². The van der Waals surface area contributed by atoms with Crippen LogP contribution >= 0.6 is 0 Å². The van der Waals surface area contributed by atoms with Crippen LogP contribution in [0.1, 0.15) is 26.4 Å². The molecule has 0 spiro atoms. The van der Waals surface area contributed by atoms with Crippen molar-refractivity contribution in [3.8, 4) is 5.75 Å². The molecule has 1 aromatic carbocycles. The van der Waals surface area contributed by atoms with Crippen molar-refractivity contribution in [1.82, 2.24) is 20.2 Å². The van der Waals surface area contributed by atoms with E-state index in [1.165, 1.54) is 0 Å². The Bertz CT molecular complexity index is 1060. The molecule has 1 saturated heterocycles. The number of aromatic nitrogens is 2. The predicted octanol–water partition coefficient (Wildman–Crippen LogP) is 2.38. The van der Waals surface area contributed by atoms with Gasteiger partial charge < -0.3 is 19.9 Å². The molecule has 2 aromatic heterocycles. The summed E-state index contributed by atoms with van der Waals surface area (Å²) < 4.78 is 5.17. The van der Waals surface area contributed by atoms with Crippen LogP contribution in [0.4, 0.5) is 5.82 Å².